The number of halogens is 1. The molecule has 0 fully saturated rings. The van der Waals surface area contributed by atoms with Crippen molar-refractivity contribution >= 4 is 23.5 Å². The smallest absolute Gasteiger partial charge is 0.221 e. The molecule has 1 amide bonds. The summed E-state index contributed by atoms with van der Waals surface area (Å²) in [6, 6.07) is 9.55. The van der Waals surface area contributed by atoms with E-state index in [0.717, 1.165) is 22.4 Å². The lowest BCUT2D eigenvalue weighted by atomic mass is 10.0. The Bertz CT molecular complexity index is 835. The van der Waals surface area contributed by atoms with Gasteiger partial charge in [0.2, 0.25) is 5.91 Å². The Labute approximate surface area is 133 Å². The average molecular weight is 309 g/mol. The Balaban J connectivity index is 1.97. The molecule has 1 aliphatic carbocycles. The lowest BCUT2D eigenvalue weighted by Crippen LogP contribution is -2.08. The minimum Gasteiger partial charge on any atom is -0.326 e. The number of carbonyl (C=O) groups excluding carboxylic acids is 2. The molecule has 0 heterocycles. The average Bonchev–Trinajstić information content (AvgIpc) is 2.82. The summed E-state index contributed by atoms with van der Waals surface area (Å²) >= 11 is 0. The number of ketones is 1. The second kappa shape index (κ2) is 5.80. The summed E-state index contributed by atoms with van der Waals surface area (Å²) in [4.78, 5) is 23.8. The molecule has 23 heavy (non-hydrogen) atoms. The standard InChI is InChI=1S/C19H16FNO2/c1-11-17-10-14(9-13-3-5-15(20)6-4-13)19(23)16(17)7-8-18(11)21-12(2)22/h3-9H,10H2,1-2H3,(H,21,22)/b14-9-. The molecule has 1 N–H and O–H groups in total. The molecule has 0 bridgehead atoms. The summed E-state index contributed by atoms with van der Waals surface area (Å²) in [5, 5.41) is 2.78. The van der Waals surface area contributed by atoms with Crippen LogP contribution in [0.1, 0.15) is 34.0 Å². The van der Waals surface area contributed by atoms with Gasteiger partial charge in [0, 0.05) is 30.2 Å². The molecular formula is C19H16FNO2. The highest BCUT2D eigenvalue weighted by atomic mass is 19.1. The van der Waals surface area contributed by atoms with Crippen molar-refractivity contribution in [3.63, 3.8) is 0 Å². The zero-order chi connectivity index (χ0) is 16.6. The molecular weight excluding hydrogens is 293 g/mol. The molecule has 0 atom stereocenters. The van der Waals surface area contributed by atoms with E-state index in [9.17, 15) is 14.0 Å². The third-order valence-corrected chi connectivity index (χ3v) is 4.02. The topological polar surface area (TPSA) is 46.2 Å². The SMILES string of the molecule is CC(=O)Nc1ccc2c(c1C)C/C(=C/c1ccc(F)cc1)C2=O. The van der Waals surface area contributed by atoms with E-state index in [1.165, 1.54) is 19.1 Å². The van der Waals surface area contributed by atoms with Gasteiger partial charge in [-0.05, 0) is 54.0 Å². The number of carbonyl (C=O) groups is 2. The number of Topliss-reactive ketones (excluding diaryl/α,β-unsaturated/α-hetero) is 1. The minimum absolute atomic E-state index is 0.0122. The number of hydrogen-bond donors (Lipinski definition) is 1. The van der Waals surface area contributed by atoms with Crippen molar-refractivity contribution in [3.05, 3.63) is 70.0 Å². The molecule has 0 spiro atoms. The van der Waals surface area contributed by atoms with Crippen molar-refractivity contribution in [1.29, 1.82) is 0 Å². The molecule has 116 valence electrons. The van der Waals surface area contributed by atoms with Gasteiger partial charge in [0.1, 0.15) is 5.82 Å². The van der Waals surface area contributed by atoms with Crippen LogP contribution in [0, 0.1) is 12.7 Å². The predicted molar refractivity (Wildman–Crippen MR) is 87.9 cm³/mol. The number of fused-ring (bicyclic) bond motifs is 1. The highest BCUT2D eigenvalue weighted by molar-refractivity contribution is 6.16. The summed E-state index contributed by atoms with van der Waals surface area (Å²) in [6.07, 6.45) is 2.31. The van der Waals surface area contributed by atoms with Crippen molar-refractivity contribution < 1.29 is 14.0 Å². The van der Waals surface area contributed by atoms with Gasteiger partial charge in [-0.2, -0.15) is 0 Å². The maximum Gasteiger partial charge on any atom is 0.221 e. The largest absolute Gasteiger partial charge is 0.326 e. The molecule has 0 saturated heterocycles. The third kappa shape index (κ3) is 2.93. The monoisotopic (exact) mass is 309 g/mol. The third-order valence-electron chi connectivity index (χ3n) is 4.02. The van der Waals surface area contributed by atoms with Crippen LogP contribution < -0.4 is 5.32 Å². The van der Waals surface area contributed by atoms with Gasteiger partial charge in [-0.1, -0.05) is 12.1 Å². The molecule has 4 heteroatoms. The summed E-state index contributed by atoms with van der Waals surface area (Å²) in [7, 11) is 0. The fourth-order valence-corrected chi connectivity index (χ4v) is 2.84. The Morgan fingerprint density at radius 1 is 1.17 bits per heavy atom. The molecule has 0 saturated carbocycles. The fourth-order valence-electron chi connectivity index (χ4n) is 2.84. The Morgan fingerprint density at radius 3 is 2.52 bits per heavy atom. The number of nitrogens with one attached hydrogen (secondary N) is 1. The number of benzene rings is 2. The first-order valence-electron chi connectivity index (χ1n) is 7.36. The van der Waals surface area contributed by atoms with Gasteiger partial charge in [-0.25, -0.2) is 4.39 Å². The second-order valence-electron chi connectivity index (χ2n) is 5.67. The highest BCUT2D eigenvalue weighted by Gasteiger charge is 2.27. The quantitative estimate of drug-likeness (QED) is 0.855. The van der Waals surface area contributed by atoms with Gasteiger partial charge in [0.05, 0.1) is 0 Å². The van der Waals surface area contributed by atoms with Crippen molar-refractivity contribution in [3.8, 4) is 0 Å². The molecule has 2 aromatic rings. The van der Waals surface area contributed by atoms with Gasteiger partial charge >= 0.3 is 0 Å². The van der Waals surface area contributed by atoms with E-state index >= 15 is 0 Å². The minimum atomic E-state index is -0.302. The lowest BCUT2D eigenvalue weighted by molar-refractivity contribution is -0.114. The molecule has 0 aromatic heterocycles. The van der Waals surface area contributed by atoms with Crippen LogP contribution in [0.3, 0.4) is 0 Å². The number of anilines is 1. The Morgan fingerprint density at radius 2 is 1.87 bits per heavy atom. The van der Waals surface area contributed by atoms with Crippen LogP contribution in [0.5, 0.6) is 0 Å². The van der Waals surface area contributed by atoms with E-state index in [1.807, 2.05) is 6.92 Å². The molecule has 3 rings (SSSR count). The van der Waals surface area contributed by atoms with Gasteiger partial charge in [-0.15, -0.1) is 0 Å². The lowest BCUT2D eigenvalue weighted by Gasteiger charge is -2.10. The molecule has 2 aromatic carbocycles. The zero-order valence-corrected chi connectivity index (χ0v) is 12.9. The maximum atomic E-state index is 13.0. The summed E-state index contributed by atoms with van der Waals surface area (Å²) in [6.45, 7) is 3.36. The van der Waals surface area contributed by atoms with E-state index in [4.69, 9.17) is 0 Å². The van der Waals surface area contributed by atoms with E-state index < -0.39 is 0 Å². The van der Waals surface area contributed by atoms with Crippen LogP contribution in [0.25, 0.3) is 6.08 Å². The molecule has 3 nitrogen and oxygen atoms in total. The number of amides is 1. The first-order chi connectivity index (χ1) is 11.0. The molecule has 0 radical (unpaired) electrons. The van der Waals surface area contributed by atoms with Crippen molar-refractivity contribution in [2.45, 2.75) is 20.3 Å². The van der Waals surface area contributed by atoms with Gasteiger partial charge in [0.25, 0.3) is 0 Å². The van der Waals surface area contributed by atoms with Crippen LogP contribution in [-0.4, -0.2) is 11.7 Å². The van der Waals surface area contributed by atoms with E-state index in [1.54, 1.807) is 30.3 Å². The van der Waals surface area contributed by atoms with Gasteiger partial charge in [0.15, 0.2) is 5.78 Å². The van der Waals surface area contributed by atoms with Crippen molar-refractivity contribution in [2.75, 3.05) is 5.32 Å². The Kier molecular flexibility index (Phi) is 3.82. The van der Waals surface area contributed by atoms with Crippen LogP contribution >= 0.6 is 0 Å². The molecule has 1 aliphatic rings. The number of hydrogen-bond acceptors (Lipinski definition) is 2. The van der Waals surface area contributed by atoms with Crippen LogP contribution in [0.4, 0.5) is 10.1 Å². The number of rotatable bonds is 2. The predicted octanol–water partition coefficient (Wildman–Crippen LogP) is 3.91. The first-order valence-corrected chi connectivity index (χ1v) is 7.36. The Hall–Kier alpha value is -2.75. The molecule has 0 unspecified atom stereocenters. The van der Waals surface area contributed by atoms with E-state index in [-0.39, 0.29) is 17.5 Å². The second-order valence-corrected chi connectivity index (χ2v) is 5.67. The zero-order valence-electron chi connectivity index (χ0n) is 12.9. The van der Waals surface area contributed by atoms with Crippen molar-refractivity contribution in [2.24, 2.45) is 0 Å². The van der Waals surface area contributed by atoms with Crippen LogP contribution in [0.2, 0.25) is 0 Å². The van der Waals surface area contributed by atoms with E-state index in [0.29, 0.717) is 17.6 Å². The van der Waals surface area contributed by atoms with Gasteiger partial charge in [-0.3, -0.25) is 9.59 Å². The number of allylic oxidation sites excluding steroid dienone is 1. The summed E-state index contributed by atoms with van der Waals surface area (Å²) < 4.78 is 13.0. The normalized spacial score (nSPS) is 14.9. The van der Waals surface area contributed by atoms with E-state index in [2.05, 4.69) is 5.32 Å². The van der Waals surface area contributed by atoms with Gasteiger partial charge < -0.3 is 5.32 Å². The maximum absolute atomic E-state index is 13.0. The summed E-state index contributed by atoms with van der Waals surface area (Å²) in [5.41, 5.74) is 4.72. The first kappa shape index (κ1) is 15.2. The molecule has 0 aliphatic heterocycles. The van der Waals surface area contributed by atoms with Crippen LogP contribution in [0.15, 0.2) is 42.0 Å². The summed E-state index contributed by atoms with van der Waals surface area (Å²) in [5.74, 6) is -0.453. The fraction of sp³-hybridized carbons (Fsp3) is 0.158. The van der Waals surface area contributed by atoms with Crippen LogP contribution in [-0.2, 0) is 11.2 Å². The van der Waals surface area contributed by atoms with Crippen molar-refractivity contribution in [1.82, 2.24) is 0 Å². The highest BCUT2D eigenvalue weighted by Crippen LogP contribution is 2.33.